The smallest absolute Gasteiger partial charge is 0.244 e. The summed E-state index contributed by atoms with van der Waals surface area (Å²) in [7, 11) is -1.96. The molecule has 4 nitrogen and oxygen atoms in total. The van der Waals surface area contributed by atoms with Crippen molar-refractivity contribution in [3.8, 4) is 0 Å². The van der Waals surface area contributed by atoms with Crippen molar-refractivity contribution in [3.63, 3.8) is 0 Å². The van der Waals surface area contributed by atoms with Crippen LogP contribution in [0.1, 0.15) is 12.5 Å². The van der Waals surface area contributed by atoms with Crippen molar-refractivity contribution in [1.82, 2.24) is 4.31 Å². The highest BCUT2D eigenvalue weighted by atomic mass is 79.9. The second-order valence-electron chi connectivity index (χ2n) is 4.06. The zero-order chi connectivity index (χ0) is 14.6. The van der Waals surface area contributed by atoms with Crippen LogP contribution in [-0.4, -0.2) is 39.5 Å². The fourth-order valence-corrected chi connectivity index (χ4v) is 4.24. The maximum atomic E-state index is 12.4. The molecule has 0 aliphatic rings. The monoisotopic (exact) mass is 413 g/mol. The molecule has 1 rings (SSSR count). The van der Waals surface area contributed by atoms with Gasteiger partial charge in [-0.25, -0.2) is 8.42 Å². The minimum atomic E-state index is -3.51. The lowest BCUT2D eigenvalue weighted by molar-refractivity contribution is 0.138. The highest BCUT2D eigenvalue weighted by Gasteiger charge is 2.24. The molecular weight excluding hydrogens is 398 g/mol. The molecule has 0 amide bonds. The Balaban J connectivity index is 3.03. The highest BCUT2D eigenvalue weighted by molar-refractivity contribution is 9.11. The Morgan fingerprint density at radius 3 is 2.47 bits per heavy atom. The summed E-state index contributed by atoms with van der Waals surface area (Å²) in [6.07, 6.45) is 0. The summed E-state index contributed by atoms with van der Waals surface area (Å²) < 4.78 is 32.7. The topological polar surface area (TPSA) is 46.6 Å². The van der Waals surface area contributed by atoms with Crippen LogP contribution in [0.25, 0.3) is 0 Å². The Hall–Kier alpha value is 0.0500. The molecule has 0 aromatic heterocycles. The van der Waals surface area contributed by atoms with E-state index in [0.29, 0.717) is 24.2 Å². The van der Waals surface area contributed by atoms with Gasteiger partial charge < -0.3 is 4.74 Å². The zero-order valence-corrected chi connectivity index (χ0v) is 15.1. The predicted octanol–water partition coefficient (Wildman–Crippen LogP) is 3.18. The summed E-state index contributed by atoms with van der Waals surface area (Å²) in [6, 6.07) is 3.40. The van der Waals surface area contributed by atoms with Gasteiger partial charge >= 0.3 is 0 Å². The van der Waals surface area contributed by atoms with Crippen LogP contribution in [0.4, 0.5) is 0 Å². The second kappa shape index (κ2) is 7.17. The van der Waals surface area contributed by atoms with Gasteiger partial charge in [-0.15, -0.1) is 0 Å². The third-order valence-corrected chi connectivity index (χ3v) is 6.33. The number of sulfonamides is 1. The van der Waals surface area contributed by atoms with Crippen LogP contribution in [0, 0.1) is 6.92 Å². The van der Waals surface area contributed by atoms with Gasteiger partial charge in [0.15, 0.2) is 0 Å². The molecule has 0 spiro atoms. The van der Waals surface area contributed by atoms with E-state index in [1.165, 1.54) is 4.31 Å². The normalized spacial score (nSPS) is 12.1. The first kappa shape index (κ1) is 17.1. The molecule has 1 aromatic rings. The molecule has 0 bridgehead atoms. The highest BCUT2D eigenvalue weighted by Crippen LogP contribution is 2.30. The summed E-state index contributed by atoms with van der Waals surface area (Å²) >= 11 is 6.67. The molecule has 0 unspecified atom stereocenters. The molecule has 0 radical (unpaired) electrons. The van der Waals surface area contributed by atoms with Gasteiger partial charge in [0.25, 0.3) is 0 Å². The predicted molar refractivity (Wildman–Crippen MR) is 82.9 cm³/mol. The maximum Gasteiger partial charge on any atom is 0.244 e. The molecule has 0 aliphatic carbocycles. The Morgan fingerprint density at radius 2 is 1.89 bits per heavy atom. The van der Waals surface area contributed by atoms with Gasteiger partial charge in [-0.3, -0.25) is 0 Å². The van der Waals surface area contributed by atoms with E-state index < -0.39 is 10.0 Å². The van der Waals surface area contributed by atoms with Gasteiger partial charge in [-0.2, -0.15) is 4.31 Å². The van der Waals surface area contributed by atoms with Crippen molar-refractivity contribution < 1.29 is 13.2 Å². The maximum absolute atomic E-state index is 12.4. The van der Waals surface area contributed by atoms with E-state index in [1.54, 1.807) is 19.2 Å². The van der Waals surface area contributed by atoms with Crippen LogP contribution < -0.4 is 0 Å². The lowest BCUT2D eigenvalue weighted by atomic mass is 10.2. The van der Waals surface area contributed by atoms with E-state index in [1.807, 2.05) is 13.8 Å². The van der Waals surface area contributed by atoms with Crippen molar-refractivity contribution >= 4 is 41.9 Å². The van der Waals surface area contributed by atoms with Crippen LogP contribution in [0.5, 0.6) is 0 Å². The molecule has 0 saturated heterocycles. The fraction of sp³-hybridized carbons (Fsp3) is 0.500. The molecular formula is C12H17Br2NO3S. The number of benzene rings is 1. The lowest BCUT2D eigenvalue weighted by Gasteiger charge is -2.18. The molecule has 0 saturated carbocycles. The summed E-state index contributed by atoms with van der Waals surface area (Å²) in [4.78, 5) is 0.254. The van der Waals surface area contributed by atoms with Crippen LogP contribution in [0.2, 0.25) is 0 Å². The van der Waals surface area contributed by atoms with E-state index >= 15 is 0 Å². The SMILES string of the molecule is CCOCCN(C)S(=O)(=O)c1cc(Br)c(C)cc1Br. The molecule has 0 aliphatic heterocycles. The van der Waals surface area contributed by atoms with Crippen LogP contribution in [0.3, 0.4) is 0 Å². The van der Waals surface area contributed by atoms with Crippen LogP contribution in [0.15, 0.2) is 26.0 Å². The van der Waals surface area contributed by atoms with Gasteiger partial charge in [-0.1, -0.05) is 15.9 Å². The molecule has 0 N–H and O–H groups in total. The average molecular weight is 415 g/mol. The Labute approximate surface area is 131 Å². The molecule has 7 heteroatoms. The molecule has 19 heavy (non-hydrogen) atoms. The van der Waals surface area contributed by atoms with Crippen LogP contribution in [-0.2, 0) is 14.8 Å². The van der Waals surface area contributed by atoms with Gasteiger partial charge in [0.2, 0.25) is 10.0 Å². The Morgan fingerprint density at radius 1 is 1.26 bits per heavy atom. The minimum absolute atomic E-state index is 0.254. The van der Waals surface area contributed by atoms with E-state index in [0.717, 1.165) is 10.0 Å². The number of hydrogen-bond acceptors (Lipinski definition) is 3. The number of aryl methyl sites for hydroxylation is 1. The van der Waals surface area contributed by atoms with Crippen molar-refractivity contribution in [2.45, 2.75) is 18.7 Å². The number of likely N-dealkylation sites (N-methyl/N-ethyl adjacent to an activating group) is 1. The minimum Gasteiger partial charge on any atom is -0.380 e. The first-order valence-electron chi connectivity index (χ1n) is 5.80. The van der Waals surface area contributed by atoms with Crippen molar-refractivity contribution in [2.24, 2.45) is 0 Å². The van der Waals surface area contributed by atoms with E-state index in [2.05, 4.69) is 31.9 Å². The summed E-state index contributed by atoms with van der Waals surface area (Å²) in [5.41, 5.74) is 0.975. The van der Waals surface area contributed by atoms with Gasteiger partial charge in [0.1, 0.15) is 0 Å². The zero-order valence-electron chi connectivity index (χ0n) is 11.1. The first-order chi connectivity index (χ1) is 8.80. The number of nitrogens with zero attached hydrogens (tertiary/aromatic N) is 1. The molecule has 0 fully saturated rings. The quantitative estimate of drug-likeness (QED) is 0.671. The third kappa shape index (κ3) is 4.26. The Bertz CT molecular complexity index is 546. The average Bonchev–Trinajstić information content (AvgIpc) is 2.33. The van der Waals surface area contributed by atoms with Gasteiger partial charge in [0.05, 0.1) is 11.5 Å². The van der Waals surface area contributed by atoms with Gasteiger partial charge in [-0.05, 0) is 47.5 Å². The van der Waals surface area contributed by atoms with Gasteiger partial charge in [0, 0.05) is 29.1 Å². The van der Waals surface area contributed by atoms with Crippen molar-refractivity contribution in [2.75, 3.05) is 26.8 Å². The Kier molecular flexibility index (Phi) is 6.46. The van der Waals surface area contributed by atoms with Crippen molar-refractivity contribution in [1.29, 1.82) is 0 Å². The fourth-order valence-electron chi connectivity index (χ4n) is 1.45. The van der Waals surface area contributed by atoms with Crippen molar-refractivity contribution in [3.05, 3.63) is 26.6 Å². The molecule has 108 valence electrons. The third-order valence-electron chi connectivity index (χ3n) is 2.66. The lowest BCUT2D eigenvalue weighted by Crippen LogP contribution is -2.30. The van der Waals surface area contributed by atoms with E-state index in [4.69, 9.17) is 4.74 Å². The molecule has 1 aromatic carbocycles. The molecule has 0 atom stereocenters. The summed E-state index contributed by atoms with van der Waals surface area (Å²) in [5, 5.41) is 0. The first-order valence-corrected chi connectivity index (χ1v) is 8.83. The second-order valence-corrected chi connectivity index (χ2v) is 7.78. The number of halogens is 2. The summed E-state index contributed by atoms with van der Waals surface area (Å²) in [6.45, 7) is 5.07. The standard InChI is InChI=1S/C12H17Br2NO3S/c1-4-18-6-5-15(3)19(16,17)12-8-10(13)9(2)7-11(12)14/h7-8H,4-6H2,1-3H3. The van der Waals surface area contributed by atoms with Crippen LogP contribution >= 0.6 is 31.9 Å². The number of rotatable bonds is 6. The largest absolute Gasteiger partial charge is 0.380 e. The molecule has 0 heterocycles. The van der Waals surface area contributed by atoms with E-state index in [9.17, 15) is 8.42 Å². The summed E-state index contributed by atoms with van der Waals surface area (Å²) in [5.74, 6) is 0. The van der Waals surface area contributed by atoms with E-state index in [-0.39, 0.29) is 4.90 Å². The number of hydrogen-bond donors (Lipinski definition) is 0. The number of ether oxygens (including phenoxy) is 1.